The van der Waals surface area contributed by atoms with Crippen LogP contribution in [-0.4, -0.2) is 56.6 Å². The van der Waals surface area contributed by atoms with Crippen LogP contribution in [-0.2, 0) is 16.4 Å². The number of nitrogens with two attached hydrogens (primary N) is 1. The molecule has 0 aliphatic heterocycles. The number of alkyl halides is 3. The van der Waals surface area contributed by atoms with Crippen LogP contribution in [0, 0.1) is 0 Å². The zero-order valence-corrected chi connectivity index (χ0v) is 20.8. The Morgan fingerprint density at radius 3 is 2.54 bits per heavy atom. The van der Waals surface area contributed by atoms with Gasteiger partial charge in [0.2, 0.25) is 0 Å². The van der Waals surface area contributed by atoms with E-state index in [4.69, 9.17) is 5.73 Å². The fourth-order valence-corrected chi connectivity index (χ4v) is 4.80. The first kappa shape index (κ1) is 26.6. The first-order valence-electron chi connectivity index (χ1n) is 10.5. The summed E-state index contributed by atoms with van der Waals surface area (Å²) in [5, 5.41) is 0. The van der Waals surface area contributed by atoms with Crippen molar-refractivity contribution < 1.29 is 21.6 Å². The number of hydrogen-bond acceptors (Lipinski definition) is 7. The molecule has 35 heavy (non-hydrogen) atoms. The van der Waals surface area contributed by atoms with E-state index in [9.17, 15) is 21.6 Å². The molecule has 0 saturated carbocycles. The van der Waals surface area contributed by atoms with E-state index in [0.29, 0.717) is 28.4 Å². The number of pyridine rings is 1. The largest absolute Gasteiger partial charge is 0.430 e. The van der Waals surface area contributed by atoms with Gasteiger partial charge in [-0.3, -0.25) is 9.98 Å². The van der Waals surface area contributed by atoms with Gasteiger partial charge in [-0.25, -0.2) is 8.42 Å². The standard InChI is InChI=1S/C24H25F3N4O2S2/c1-31(16-17-8-10-29-11-9-17)13-12-30-20(15-23(28)24(25,26)27)22-7-6-21(34-22)18-4-3-5-19(14-18)35(2,32)33/h3-11,14-15H,12-13,16,28H2,1-2H3. The predicted molar refractivity (Wildman–Crippen MR) is 133 cm³/mol. The molecule has 0 fully saturated rings. The van der Waals surface area contributed by atoms with Crippen molar-refractivity contribution in [2.45, 2.75) is 17.6 Å². The highest BCUT2D eigenvalue weighted by Crippen LogP contribution is 2.31. The van der Waals surface area contributed by atoms with E-state index >= 15 is 0 Å². The van der Waals surface area contributed by atoms with Gasteiger partial charge in [0, 0.05) is 36.6 Å². The van der Waals surface area contributed by atoms with Crippen molar-refractivity contribution in [3.05, 3.63) is 83.1 Å². The van der Waals surface area contributed by atoms with Crippen molar-refractivity contribution in [1.82, 2.24) is 9.88 Å². The Kier molecular flexibility index (Phi) is 8.47. The molecule has 0 aliphatic rings. The third-order valence-corrected chi connectivity index (χ3v) is 7.26. The molecule has 186 valence electrons. The van der Waals surface area contributed by atoms with E-state index in [-0.39, 0.29) is 17.2 Å². The summed E-state index contributed by atoms with van der Waals surface area (Å²) in [6, 6.07) is 13.6. The number of aromatic nitrogens is 1. The lowest BCUT2D eigenvalue weighted by atomic mass is 10.2. The summed E-state index contributed by atoms with van der Waals surface area (Å²) in [7, 11) is -1.50. The van der Waals surface area contributed by atoms with Crippen LogP contribution >= 0.6 is 11.3 Å². The van der Waals surface area contributed by atoms with Crippen molar-refractivity contribution in [2.24, 2.45) is 10.7 Å². The van der Waals surface area contributed by atoms with Gasteiger partial charge in [0.15, 0.2) is 9.84 Å². The quantitative estimate of drug-likeness (QED) is 0.417. The lowest BCUT2D eigenvalue weighted by molar-refractivity contribution is -0.0925. The van der Waals surface area contributed by atoms with Crippen molar-refractivity contribution in [2.75, 3.05) is 26.4 Å². The maximum Gasteiger partial charge on any atom is 0.430 e. The minimum atomic E-state index is -4.68. The van der Waals surface area contributed by atoms with Crippen LogP contribution in [0.2, 0.25) is 0 Å². The number of thiophene rings is 1. The summed E-state index contributed by atoms with van der Waals surface area (Å²) in [5.74, 6) is 0. The van der Waals surface area contributed by atoms with E-state index in [1.165, 1.54) is 23.5 Å². The minimum absolute atomic E-state index is 0.118. The molecule has 3 rings (SSSR count). The van der Waals surface area contributed by atoms with Gasteiger partial charge in [0.25, 0.3) is 0 Å². The molecule has 11 heteroatoms. The fourth-order valence-electron chi connectivity index (χ4n) is 3.15. The first-order valence-corrected chi connectivity index (χ1v) is 13.2. The van der Waals surface area contributed by atoms with Crippen LogP contribution in [0.5, 0.6) is 0 Å². The lowest BCUT2D eigenvalue weighted by Gasteiger charge is -2.15. The Morgan fingerprint density at radius 1 is 1.17 bits per heavy atom. The summed E-state index contributed by atoms with van der Waals surface area (Å²) in [4.78, 5) is 11.8. The van der Waals surface area contributed by atoms with Crippen LogP contribution in [0.15, 0.2) is 82.6 Å². The monoisotopic (exact) mass is 522 g/mol. The molecular weight excluding hydrogens is 497 g/mol. The van der Waals surface area contributed by atoms with Crippen molar-refractivity contribution in [3.8, 4) is 10.4 Å². The zero-order valence-electron chi connectivity index (χ0n) is 19.2. The molecule has 6 nitrogen and oxygen atoms in total. The van der Waals surface area contributed by atoms with E-state index in [1.54, 1.807) is 36.7 Å². The van der Waals surface area contributed by atoms with Gasteiger partial charge in [-0.1, -0.05) is 12.1 Å². The highest BCUT2D eigenvalue weighted by Gasteiger charge is 2.32. The summed E-state index contributed by atoms with van der Waals surface area (Å²) in [6.45, 7) is 1.42. The second-order valence-corrected chi connectivity index (χ2v) is 11.0. The smallest absolute Gasteiger partial charge is 0.395 e. The molecule has 0 bridgehead atoms. The Hall–Kier alpha value is -3.02. The predicted octanol–water partition coefficient (Wildman–Crippen LogP) is 4.54. The highest BCUT2D eigenvalue weighted by atomic mass is 32.2. The SMILES string of the molecule is CN(CCN=C(C=C(N)C(F)(F)F)c1ccc(-c2cccc(S(C)(=O)=O)c2)s1)Cc1ccncc1. The lowest BCUT2D eigenvalue weighted by Crippen LogP contribution is -2.22. The van der Waals surface area contributed by atoms with Gasteiger partial charge in [-0.2, -0.15) is 13.2 Å². The van der Waals surface area contributed by atoms with Crippen molar-refractivity contribution in [1.29, 1.82) is 0 Å². The summed E-state index contributed by atoms with van der Waals surface area (Å²) >= 11 is 1.21. The second-order valence-electron chi connectivity index (χ2n) is 7.92. The van der Waals surface area contributed by atoms with Crippen molar-refractivity contribution in [3.63, 3.8) is 0 Å². The average molecular weight is 523 g/mol. The normalized spacial score (nSPS) is 13.4. The Morgan fingerprint density at radius 2 is 1.89 bits per heavy atom. The zero-order chi connectivity index (χ0) is 25.6. The number of benzene rings is 1. The number of sulfone groups is 1. The van der Waals surface area contributed by atoms with E-state index < -0.39 is 21.7 Å². The van der Waals surface area contributed by atoms with Gasteiger partial charge in [0.1, 0.15) is 5.70 Å². The van der Waals surface area contributed by atoms with Gasteiger partial charge in [0.05, 0.1) is 22.0 Å². The maximum absolute atomic E-state index is 13.1. The molecule has 0 aliphatic carbocycles. The maximum atomic E-state index is 13.1. The number of halogens is 3. The molecule has 0 amide bonds. The van der Waals surface area contributed by atoms with Crippen LogP contribution < -0.4 is 5.73 Å². The topological polar surface area (TPSA) is 88.6 Å². The Balaban J connectivity index is 1.85. The third-order valence-electron chi connectivity index (χ3n) is 4.99. The number of hydrogen-bond donors (Lipinski definition) is 1. The van der Waals surface area contributed by atoms with Crippen molar-refractivity contribution >= 4 is 26.9 Å². The Labute approximate surface area is 206 Å². The third kappa shape index (κ3) is 7.74. The van der Waals surface area contributed by atoms with Crippen LogP contribution in [0.1, 0.15) is 10.4 Å². The minimum Gasteiger partial charge on any atom is -0.395 e. The molecule has 2 N–H and O–H groups in total. The average Bonchev–Trinajstić information content (AvgIpc) is 3.28. The van der Waals surface area contributed by atoms with Crippen LogP contribution in [0.3, 0.4) is 0 Å². The molecule has 3 aromatic rings. The summed E-state index contributed by atoms with van der Waals surface area (Å²) in [6.07, 6.45) is 0.676. The summed E-state index contributed by atoms with van der Waals surface area (Å²) in [5.41, 5.74) is 5.87. The summed E-state index contributed by atoms with van der Waals surface area (Å²) < 4.78 is 63.2. The van der Waals surface area contributed by atoms with Crippen LogP contribution in [0.25, 0.3) is 10.4 Å². The highest BCUT2D eigenvalue weighted by molar-refractivity contribution is 7.90. The number of allylic oxidation sites excluding steroid dienone is 2. The molecule has 0 spiro atoms. The Bertz CT molecular complexity index is 1320. The fraction of sp³-hybridized carbons (Fsp3) is 0.250. The van der Waals surface area contributed by atoms with Gasteiger partial charge in [-0.05, 0) is 60.6 Å². The van der Waals surface area contributed by atoms with Crippen LogP contribution in [0.4, 0.5) is 13.2 Å². The van der Waals surface area contributed by atoms with E-state index in [0.717, 1.165) is 17.9 Å². The molecule has 1 aromatic carbocycles. The van der Waals surface area contributed by atoms with E-state index in [1.807, 2.05) is 24.1 Å². The molecule has 0 saturated heterocycles. The van der Waals surface area contributed by atoms with Gasteiger partial charge in [-0.15, -0.1) is 11.3 Å². The molecule has 0 radical (unpaired) electrons. The number of aliphatic imine (C=N–C) groups is 1. The van der Waals surface area contributed by atoms with Gasteiger partial charge >= 0.3 is 6.18 Å². The van der Waals surface area contributed by atoms with E-state index in [2.05, 4.69) is 9.98 Å². The second kappa shape index (κ2) is 11.1. The molecule has 2 aromatic heterocycles. The first-order chi connectivity index (χ1) is 16.4. The van der Waals surface area contributed by atoms with Gasteiger partial charge < -0.3 is 10.6 Å². The molecular formula is C24H25F3N4O2S2. The number of rotatable bonds is 9. The molecule has 0 atom stereocenters. The number of nitrogens with zero attached hydrogens (tertiary/aromatic N) is 3. The number of likely N-dealkylation sites (N-methyl/N-ethyl adjacent to an activating group) is 1. The molecule has 2 heterocycles. The molecule has 0 unspecified atom stereocenters.